The summed E-state index contributed by atoms with van der Waals surface area (Å²) in [5.41, 5.74) is 3.00. The summed E-state index contributed by atoms with van der Waals surface area (Å²) in [6, 6.07) is 7.49. The monoisotopic (exact) mass is 489 g/mol. The number of hydrogen-bond donors (Lipinski definition) is 1. The Labute approximate surface area is 191 Å². The van der Waals surface area contributed by atoms with Gasteiger partial charge in [0.05, 0.1) is 18.8 Å². The van der Waals surface area contributed by atoms with Crippen molar-refractivity contribution < 1.29 is 23.9 Å². The van der Waals surface area contributed by atoms with Crippen molar-refractivity contribution in [3.63, 3.8) is 0 Å². The SMILES string of the molecule is CC[C@H](C)OC(=O)C1=C(C)NC2=C(C(=O)[C@H](C(=O)OC)[C@@H](C)C2)[C@@H]1c1ccccc1Br. The first-order valence-electron chi connectivity index (χ1n) is 10.5. The minimum atomic E-state index is -0.902. The molecule has 166 valence electrons. The Bertz CT molecular complexity index is 980. The van der Waals surface area contributed by atoms with Crippen LogP contribution in [0, 0.1) is 11.8 Å². The standard InChI is InChI=1S/C24H28BrNO5/c1-6-13(3)31-24(29)19-14(4)26-17-11-12(2)18(23(28)30-5)22(27)21(17)20(19)15-9-7-8-10-16(15)25/h7-10,12-13,18,20,26H,6,11H2,1-5H3/t12-,13-,18+,20+/m0/s1. The predicted octanol–water partition coefficient (Wildman–Crippen LogP) is 4.40. The molecular weight excluding hydrogens is 462 g/mol. The molecule has 0 radical (unpaired) electrons. The number of nitrogens with one attached hydrogen (secondary N) is 1. The zero-order valence-corrected chi connectivity index (χ0v) is 20.0. The quantitative estimate of drug-likeness (QED) is 0.487. The van der Waals surface area contributed by atoms with E-state index < -0.39 is 23.8 Å². The third-order valence-electron chi connectivity index (χ3n) is 6.06. The molecule has 2 aliphatic rings. The number of hydrogen-bond acceptors (Lipinski definition) is 6. The van der Waals surface area contributed by atoms with Crippen LogP contribution in [0.1, 0.15) is 52.0 Å². The first-order chi connectivity index (χ1) is 14.7. The van der Waals surface area contributed by atoms with Gasteiger partial charge in [-0.25, -0.2) is 4.79 Å². The second-order valence-electron chi connectivity index (χ2n) is 8.18. The zero-order chi connectivity index (χ0) is 22.9. The molecule has 1 aliphatic heterocycles. The summed E-state index contributed by atoms with van der Waals surface area (Å²) in [7, 11) is 1.29. The van der Waals surface area contributed by atoms with Crippen molar-refractivity contribution in [1.29, 1.82) is 0 Å². The van der Waals surface area contributed by atoms with Crippen molar-refractivity contribution in [1.82, 2.24) is 5.32 Å². The molecular formula is C24H28BrNO5. The smallest absolute Gasteiger partial charge is 0.337 e. The highest BCUT2D eigenvalue weighted by Gasteiger charge is 2.47. The lowest BCUT2D eigenvalue weighted by molar-refractivity contribution is -0.151. The summed E-state index contributed by atoms with van der Waals surface area (Å²) in [6.07, 6.45) is 0.931. The molecule has 1 aliphatic carbocycles. The second-order valence-corrected chi connectivity index (χ2v) is 9.04. The maximum Gasteiger partial charge on any atom is 0.337 e. The lowest BCUT2D eigenvalue weighted by Gasteiger charge is -2.38. The topological polar surface area (TPSA) is 81.7 Å². The molecule has 0 fully saturated rings. The van der Waals surface area contributed by atoms with Crippen LogP contribution in [0.2, 0.25) is 0 Å². The van der Waals surface area contributed by atoms with Crippen LogP contribution in [0.4, 0.5) is 0 Å². The molecule has 0 amide bonds. The largest absolute Gasteiger partial charge is 0.468 e. The van der Waals surface area contributed by atoms with Gasteiger partial charge in [0.1, 0.15) is 5.92 Å². The van der Waals surface area contributed by atoms with Gasteiger partial charge in [-0.1, -0.05) is 48.0 Å². The van der Waals surface area contributed by atoms with Crippen LogP contribution in [-0.2, 0) is 23.9 Å². The van der Waals surface area contributed by atoms with Gasteiger partial charge in [0.15, 0.2) is 5.78 Å². The van der Waals surface area contributed by atoms with Crippen molar-refractivity contribution in [2.75, 3.05) is 7.11 Å². The van der Waals surface area contributed by atoms with E-state index in [1.165, 1.54) is 7.11 Å². The summed E-state index contributed by atoms with van der Waals surface area (Å²) in [6.45, 7) is 7.46. The molecule has 6 nitrogen and oxygen atoms in total. The van der Waals surface area contributed by atoms with Gasteiger partial charge in [0.25, 0.3) is 0 Å². The van der Waals surface area contributed by atoms with E-state index in [4.69, 9.17) is 9.47 Å². The number of ketones is 1. The van der Waals surface area contributed by atoms with Gasteiger partial charge >= 0.3 is 11.9 Å². The fourth-order valence-electron chi connectivity index (χ4n) is 4.30. The van der Waals surface area contributed by atoms with E-state index in [0.29, 0.717) is 29.7 Å². The van der Waals surface area contributed by atoms with Crippen molar-refractivity contribution >= 4 is 33.7 Å². The van der Waals surface area contributed by atoms with Crippen molar-refractivity contribution in [2.24, 2.45) is 11.8 Å². The Morgan fingerprint density at radius 2 is 1.97 bits per heavy atom. The Hall–Kier alpha value is -2.41. The number of Topliss-reactive ketones (excluding diaryl/α,β-unsaturated/α-hetero) is 1. The zero-order valence-electron chi connectivity index (χ0n) is 18.5. The number of methoxy groups -OCH3 is 1. The number of benzene rings is 1. The number of dihydropyridines is 1. The van der Waals surface area contributed by atoms with Crippen LogP contribution < -0.4 is 5.32 Å². The first kappa shape index (κ1) is 23.3. The van der Waals surface area contributed by atoms with Crippen LogP contribution in [0.25, 0.3) is 0 Å². The number of allylic oxidation sites excluding steroid dienone is 3. The number of esters is 2. The molecule has 1 N–H and O–H groups in total. The summed E-state index contributed by atoms with van der Waals surface area (Å²) >= 11 is 3.58. The molecule has 0 unspecified atom stereocenters. The van der Waals surface area contributed by atoms with Gasteiger partial charge in [-0.2, -0.15) is 0 Å². The van der Waals surface area contributed by atoms with Gasteiger partial charge in [-0.3, -0.25) is 9.59 Å². The lowest BCUT2D eigenvalue weighted by atomic mass is 9.69. The summed E-state index contributed by atoms with van der Waals surface area (Å²) in [5, 5.41) is 3.27. The van der Waals surface area contributed by atoms with Crippen LogP contribution in [0.3, 0.4) is 0 Å². The minimum Gasteiger partial charge on any atom is -0.468 e. The molecule has 7 heteroatoms. The van der Waals surface area contributed by atoms with Crippen LogP contribution in [0.15, 0.2) is 51.3 Å². The van der Waals surface area contributed by atoms with Gasteiger partial charge in [-0.15, -0.1) is 0 Å². The highest BCUT2D eigenvalue weighted by Crippen LogP contribution is 2.47. The van der Waals surface area contributed by atoms with Crippen LogP contribution in [-0.4, -0.2) is 30.9 Å². The molecule has 0 saturated carbocycles. The number of rotatable bonds is 5. The highest BCUT2D eigenvalue weighted by molar-refractivity contribution is 9.10. The molecule has 31 heavy (non-hydrogen) atoms. The summed E-state index contributed by atoms with van der Waals surface area (Å²) < 4.78 is 11.4. The van der Waals surface area contributed by atoms with Crippen molar-refractivity contribution in [2.45, 2.75) is 52.6 Å². The second kappa shape index (κ2) is 9.39. The Balaban J connectivity index is 2.18. The highest BCUT2D eigenvalue weighted by atomic mass is 79.9. The van der Waals surface area contributed by atoms with E-state index in [1.807, 2.05) is 52.0 Å². The number of halogens is 1. The number of ether oxygens (including phenoxy) is 2. The van der Waals surface area contributed by atoms with Gasteiger partial charge in [0, 0.05) is 27.4 Å². The van der Waals surface area contributed by atoms with E-state index in [-0.39, 0.29) is 17.8 Å². The van der Waals surface area contributed by atoms with Crippen LogP contribution >= 0.6 is 15.9 Å². The predicted molar refractivity (Wildman–Crippen MR) is 120 cm³/mol. The fourth-order valence-corrected chi connectivity index (χ4v) is 4.81. The Morgan fingerprint density at radius 3 is 2.58 bits per heavy atom. The lowest BCUT2D eigenvalue weighted by Crippen LogP contribution is -2.43. The average molecular weight is 490 g/mol. The van der Waals surface area contributed by atoms with E-state index in [2.05, 4.69) is 21.2 Å². The van der Waals surface area contributed by atoms with Crippen LogP contribution in [0.5, 0.6) is 0 Å². The van der Waals surface area contributed by atoms with Gasteiger partial charge < -0.3 is 14.8 Å². The molecule has 3 rings (SSSR count). The summed E-state index contributed by atoms with van der Waals surface area (Å²) in [5.74, 6) is -3.09. The maximum absolute atomic E-state index is 13.6. The number of carbonyl (C=O) groups excluding carboxylic acids is 3. The van der Waals surface area contributed by atoms with E-state index in [9.17, 15) is 14.4 Å². The van der Waals surface area contributed by atoms with Gasteiger partial charge in [0.2, 0.25) is 0 Å². The average Bonchev–Trinajstić information content (AvgIpc) is 2.72. The molecule has 0 aromatic heterocycles. The number of carbonyl (C=O) groups is 3. The molecule has 0 spiro atoms. The van der Waals surface area contributed by atoms with E-state index in [1.54, 1.807) is 0 Å². The fraction of sp³-hybridized carbons (Fsp3) is 0.458. The normalized spacial score (nSPS) is 24.3. The molecule has 0 bridgehead atoms. The third-order valence-corrected chi connectivity index (χ3v) is 6.78. The Morgan fingerprint density at radius 1 is 1.29 bits per heavy atom. The van der Waals surface area contributed by atoms with E-state index >= 15 is 0 Å². The van der Waals surface area contributed by atoms with Crippen molar-refractivity contribution in [3.8, 4) is 0 Å². The minimum absolute atomic E-state index is 0.215. The summed E-state index contributed by atoms with van der Waals surface area (Å²) in [4.78, 5) is 39.3. The Kier molecular flexibility index (Phi) is 7.04. The molecule has 1 aromatic rings. The van der Waals surface area contributed by atoms with Crippen molar-refractivity contribution in [3.05, 3.63) is 56.8 Å². The van der Waals surface area contributed by atoms with E-state index in [0.717, 1.165) is 15.7 Å². The van der Waals surface area contributed by atoms with Gasteiger partial charge in [-0.05, 0) is 44.2 Å². The molecule has 1 aromatic carbocycles. The third kappa shape index (κ3) is 4.33. The maximum atomic E-state index is 13.6. The molecule has 1 heterocycles. The first-order valence-corrected chi connectivity index (χ1v) is 11.3. The molecule has 4 atom stereocenters. The molecule has 0 saturated heterocycles.